The van der Waals surface area contributed by atoms with Crippen molar-refractivity contribution in [2.45, 2.75) is 64.8 Å². The fourth-order valence-electron chi connectivity index (χ4n) is 6.70. The number of H-pyrrole nitrogens is 1. The molecule has 0 fully saturated rings. The van der Waals surface area contributed by atoms with Gasteiger partial charge in [-0.2, -0.15) is 0 Å². The van der Waals surface area contributed by atoms with Gasteiger partial charge >= 0.3 is 6.09 Å². The first kappa shape index (κ1) is 31.1. The second kappa shape index (κ2) is 12.6. The fraction of sp³-hybridized carbons (Fsp3) is 0.250. The number of aryl methyl sites for hydroxylation is 2. The predicted molar refractivity (Wildman–Crippen MR) is 188 cm³/mol. The number of phenolic OH excluding ortho intramolecular Hbond substituents is 1. The van der Waals surface area contributed by atoms with Gasteiger partial charge in [0, 0.05) is 52.5 Å². The van der Waals surface area contributed by atoms with E-state index in [1.165, 1.54) is 22.0 Å². The molecule has 1 aliphatic heterocycles. The van der Waals surface area contributed by atoms with Crippen molar-refractivity contribution >= 4 is 33.8 Å². The summed E-state index contributed by atoms with van der Waals surface area (Å²) >= 11 is 0. The molecule has 0 bridgehead atoms. The van der Waals surface area contributed by atoms with Crippen molar-refractivity contribution in [3.8, 4) is 5.75 Å². The maximum Gasteiger partial charge on any atom is 0.407 e. The van der Waals surface area contributed by atoms with Crippen molar-refractivity contribution in [3.05, 3.63) is 136 Å². The molecular weight excluding hydrogens is 600 g/mol. The van der Waals surface area contributed by atoms with E-state index >= 15 is 0 Å². The molecule has 0 spiro atoms. The lowest BCUT2D eigenvalue weighted by Gasteiger charge is -2.19. The standard InChI is InChI=1S/C40H40N4O4/c1-40(2,3)48-39(47)41-23-26-11-13-27(14-12-26)24-44-20-19-28-16-15-25(21-35(28)44)7-6-10-34-36(31-8-4-5-9-33(31)42-34)37-32-22-29(45)17-18-30(32)38(46)43-37/h4-5,8-9,11-22,37,42,45H,6-7,10,23-24H2,1-3H3,(H,41,47)(H,43,46). The number of carbonyl (C=O) groups is 2. The van der Waals surface area contributed by atoms with Gasteiger partial charge in [0.2, 0.25) is 0 Å². The van der Waals surface area contributed by atoms with E-state index in [4.69, 9.17) is 4.74 Å². The van der Waals surface area contributed by atoms with Gasteiger partial charge in [-0.3, -0.25) is 4.79 Å². The highest BCUT2D eigenvalue weighted by Gasteiger charge is 2.33. The maximum absolute atomic E-state index is 12.8. The molecule has 7 rings (SSSR count). The lowest BCUT2D eigenvalue weighted by atomic mass is 9.94. The minimum absolute atomic E-state index is 0.117. The number of hydrogen-bond donors (Lipinski definition) is 4. The summed E-state index contributed by atoms with van der Waals surface area (Å²) in [6.07, 6.45) is 4.37. The number of nitrogens with one attached hydrogen (secondary N) is 3. The predicted octanol–water partition coefficient (Wildman–Crippen LogP) is 7.91. The lowest BCUT2D eigenvalue weighted by molar-refractivity contribution is 0.0523. The number of ether oxygens (including phenoxy) is 1. The molecule has 1 aliphatic rings. The van der Waals surface area contributed by atoms with Crippen LogP contribution in [0.25, 0.3) is 21.8 Å². The Morgan fingerprint density at radius 1 is 0.917 bits per heavy atom. The second-order valence-corrected chi connectivity index (χ2v) is 13.6. The summed E-state index contributed by atoms with van der Waals surface area (Å²) in [5, 5.41) is 18.5. The van der Waals surface area contributed by atoms with E-state index in [2.05, 4.69) is 74.9 Å². The normalized spacial score (nSPS) is 14.3. The van der Waals surface area contributed by atoms with Gasteiger partial charge in [-0.25, -0.2) is 4.79 Å². The summed E-state index contributed by atoms with van der Waals surface area (Å²) in [5.74, 6) is 0.0371. The van der Waals surface area contributed by atoms with Crippen LogP contribution in [-0.2, 0) is 30.7 Å². The summed E-state index contributed by atoms with van der Waals surface area (Å²) in [7, 11) is 0. The van der Waals surface area contributed by atoms with Crippen LogP contribution in [0.15, 0.2) is 97.2 Å². The van der Waals surface area contributed by atoms with Crippen LogP contribution in [0.2, 0.25) is 0 Å². The van der Waals surface area contributed by atoms with Crippen molar-refractivity contribution in [1.29, 1.82) is 0 Å². The Morgan fingerprint density at radius 3 is 2.50 bits per heavy atom. The van der Waals surface area contributed by atoms with Gasteiger partial charge in [0.05, 0.1) is 6.04 Å². The van der Waals surface area contributed by atoms with Gasteiger partial charge in [-0.15, -0.1) is 0 Å². The third-order valence-corrected chi connectivity index (χ3v) is 8.92. The SMILES string of the molecule is CC(C)(C)OC(=O)NCc1ccc(Cn2ccc3ccc(CCCc4[nH]c5ccccc5c4C4NC(=O)c5ccc(O)cc54)cc32)cc1. The van der Waals surface area contributed by atoms with E-state index in [0.717, 1.165) is 59.1 Å². The Labute approximate surface area is 279 Å². The van der Waals surface area contributed by atoms with Crippen LogP contribution in [0.3, 0.4) is 0 Å². The molecule has 0 aliphatic carbocycles. The number of aromatic amines is 1. The molecule has 48 heavy (non-hydrogen) atoms. The molecule has 1 unspecified atom stereocenters. The zero-order valence-corrected chi connectivity index (χ0v) is 27.5. The molecule has 0 saturated carbocycles. The van der Waals surface area contributed by atoms with Gasteiger partial charge in [-0.1, -0.05) is 54.6 Å². The Balaban J connectivity index is 1.04. The Morgan fingerprint density at radius 2 is 1.69 bits per heavy atom. The molecule has 4 aromatic carbocycles. The molecule has 1 atom stereocenters. The number of aromatic hydroxyl groups is 1. The third kappa shape index (κ3) is 6.51. The molecule has 244 valence electrons. The largest absolute Gasteiger partial charge is 0.508 e. The van der Waals surface area contributed by atoms with Crippen molar-refractivity contribution in [2.24, 2.45) is 0 Å². The van der Waals surface area contributed by atoms with Crippen LogP contribution in [-0.4, -0.2) is 32.3 Å². The maximum atomic E-state index is 12.8. The van der Waals surface area contributed by atoms with Gasteiger partial charge in [0.25, 0.3) is 5.91 Å². The first-order valence-corrected chi connectivity index (χ1v) is 16.5. The number of alkyl carbamates (subject to hydrolysis) is 1. The van der Waals surface area contributed by atoms with E-state index in [-0.39, 0.29) is 17.7 Å². The number of nitrogens with zero attached hydrogens (tertiary/aromatic N) is 1. The Bertz CT molecular complexity index is 2140. The van der Waals surface area contributed by atoms with Crippen LogP contribution in [0.1, 0.15) is 77.1 Å². The molecule has 2 aromatic heterocycles. The third-order valence-electron chi connectivity index (χ3n) is 8.92. The van der Waals surface area contributed by atoms with Crippen molar-refractivity contribution in [3.63, 3.8) is 0 Å². The summed E-state index contributed by atoms with van der Waals surface area (Å²) < 4.78 is 7.61. The van der Waals surface area contributed by atoms with Gasteiger partial charge in [-0.05, 0) is 104 Å². The number of carbonyl (C=O) groups excluding carboxylic acids is 2. The van der Waals surface area contributed by atoms with E-state index in [1.54, 1.807) is 18.2 Å². The van der Waals surface area contributed by atoms with Crippen LogP contribution in [0.5, 0.6) is 5.75 Å². The zero-order chi connectivity index (χ0) is 33.4. The van der Waals surface area contributed by atoms with Crippen LogP contribution >= 0.6 is 0 Å². The number of para-hydroxylation sites is 1. The average molecular weight is 641 g/mol. The van der Waals surface area contributed by atoms with E-state index in [1.807, 2.05) is 45.0 Å². The van der Waals surface area contributed by atoms with E-state index in [9.17, 15) is 14.7 Å². The lowest BCUT2D eigenvalue weighted by Crippen LogP contribution is -2.32. The van der Waals surface area contributed by atoms with Crippen molar-refractivity contribution < 1.29 is 19.4 Å². The molecule has 2 amide bonds. The van der Waals surface area contributed by atoms with Crippen LogP contribution in [0, 0.1) is 0 Å². The number of hydrogen-bond acceptors (Lipinski definition) is 4. The number of aromatic nitrogens is 2. The number of benzene rings is 4. The fourth-order valence-corrected chi connectivity index (χ4v) is 6.70. The minimum atomic E-state index is -0.524. The molecule has 8 nitrogen and oxygen atoms in total. The summed E-state index contributed by atoms with van der Waals surface area (Å²) in [6, 6.07) is 30.0. The van der Waals surface area contributed by atoms with Crippen LogP contribution in [0.4, 0.5) is 4.79 Å². The molecule has 6 aromatic rings. The number of fused-ring (bicyclic) bond motifs is 3. The van der Waals surface area contributed by atoms with E-state index < -0.39 is 11.7 Å². The number of rotatable bonds is 9. The Hall–Kier alpha value is -5.50. The molecular formula is C40H40N4O4. The van der Waals surface area contributed by atoms with Crippen molar-refractivity contribution in [2.75, 3.05) is 0 Å². The quantitative estimate of drug-likeness (QED) is 0.129. The molecule has 0 radical (unpaired) electrons. The molecule has 3 heterocycles. The molecule has 4 N–H and O–H groups in total. The second-order valence-electron chi connectivity index (χ2n) is 13.6. The van der Waals surface area contributed by atoms with Crippen LogP contribution < -0.4 is 10.6 Å². The highest BCUT2D eigenvalue weighted by atomic mass is 16.6. The summed E-state index contributed by atoms with van der Waals surface area (Å²) in [4.78, 5) is 28.5. The molecule has 0 saturated heterocycles. The molecule has 8 heteroatoms. The number of amides is 2. The average Bonchev–Trinajstić information content (AvgIpc) is 3.72. The van der Waals surface area contributed by atoms with E-state index in [0.29, 0.717) is 12.1 Å². The zero-order valence-electron chi connectivity index (χ0n) is 27.5. The Kier molecular flexibility index (Phi) is 8.17. The smallest absolute Gasteiger partial charge is 0.407 e. The van der Waals surface area contributed by atoms with Crippen molar-refractivity contribution in [1.82, 2.24) is 20.2 Å². The highest BCUT2D eigenvalue weighted by molar-refractivity contribution is 6.01. The monoisotopic (exact) mass is 640 g/mol. The minimum Gasteiger partial charge on any atom is -0.508 e. The first-order chi connectivity index (χ1) is 23.1. The highest BCUT2D eigenvalue weighted by Crippen LogP contribution is 2.39. The van der Waals surface area contributed by atoms with Gasteiger partial charge in [0.15, 0.2) is 0 Å². The summed E-state index contributed by atoms with van der Waals surface area (Å²) in [5.41, 5.74) is 8.76. The topological polar surface area (TPSA) is 108 Å². The van der Waals surface area contributed by atoms with Gasteiger partial charge in [0.1, 0.15) is 11.4 Å². The first-order valence-electron chi connectivity index (χ1n) is 16.5. The van der Waals surface area contributed by atoms with Gasteiger partial charge < -0.3 is 30.0 Å². The summed E-state index contributed by atoms with van der Waals surface area (Å²) in [6.45, 7) is 6.71. The number of phenols is 1.